The van der Waals surface area contributed by atoms with Gasteiger partial charge in [-0.2, -0.15) is 0 Å². The summed E-state index contributed by atoms with van der Waals surface area (Å²) in [5, 5.41) is 14.9. The molecule has 0 saturated carbocycles. The molecule has 2 rings (SSSR count). The lowest BCUT2D eigenvalue weighted by Crippen LogP contribution is -2.21. The second kappa shape index (κ2) is 5.89. The molecule has 2 N–H and O–H groups in total. The molecule has 0 aliphatic carbocycles. The monoisotopic (exact) mass is 260 g/mol. The van der Waals surface area contributed by atoms with Crippen LogP contribution in [0.2, 0.25) is 0 Å². The zero-order valence-electron chi connectivity index (χ0n) is 11.6. The average molecular weight is 260 g/mol. The van der Waals surface area contributed by atoms with Gasteiger partial charge in [0.1, 0.15) is 11.6 Å². The third kappa shape index (κ3) is 3.35. The van der Waals surface area contributed by atoms with Crippen LogP contribution in [0.15, 0.2) is 30.5 Å². The molecule has 1 aromatic heterocycles. The molecule has 19 heavy (non-hydrogen) atoms. The zero-order chi connectivity index (χ0) is 13.8. The van der Waals surface area contributed by atoms with E-state index in [1.807, 2.05) is 31.2 Å². The van der Waals surface area contributed by atoms with Gasteiger partial charge in [-0.1, -0.05) is 6.07 Å². The Morgan fingerprint density at radius 2 is 2.11 bits per heavy atom. The van der Waals surface area contributed by atoms with Crippen LogP contribution >= 0.6 is 0 Å². The van der Waals surface area contributed by atoms with Gasteiger partial charge in [-0.3, -0.25) is 0 Å². The van der Waals surface area contributed by atoms with E-state index in [0.29, 0.717) is 6.42 Å². The molecule has 2 atom stereocenters. The Labute approximate surface area is 113 Å². The number of hydrogen-bond acceptors (Lipinski definition) is 4. The van der Waals surface area contributed by atoms with Crippen molar-refractivity contribution in [3.05, 3.63) is 30.5 Å². The first kappa shape index (κ1) is 13.6. The maximum Gasteiger partial charge on any atom is 0.134 e. The minimum absolute atomic E-state index is 0.157. The van der Waals surface area contributed by atoms with Gasteiger partial charge in [-0.05, 0) is 43.9 Å². The van der Waals surface area contributed by atoms with Crippen molar-refractivity contribution in [2.75, 3.05) is 12.4 Å². The van der Waals surface area contributed by atoms with Gasteiger partial charge in [0, 0.05) is 17.6 Å². The van der Waals surface area contributed by atoms with Crippen molar-refractivity contribution in [3.8, 4) is 5.75 Å². The fourth-order valence-electron chi connectivity index (χ4n) is 2.19. The molecule has 0 aliphatic rings. The van der Waals surface area contributed by atoms with Crippen molar-refractivity contribution < 1.29 is 9.84 Å². The van der Waals surface area contributed by atoms with Gasteiger partial charge in [0.25, 0.3) is 0 Å². The zero-order valence-corrected chi connectivity index (χ0v) is 11.6. The summed E-state index contributed by atoms with van der Waals surface area (Å²) in [5.74, 6) is 1.64. The first-order chi connectivity index (χ1) is 9.10. The fourth-order valence-corrected chi connectivity index (χ4v) is 2.19. The van der Waals surface area contributed by atoms with Crippen molar-refractivity contribution in [2.24, 2.45) is 0 Å². The van der Waals surface area contributed by atoms with E-state index in [1.54, 1.807) is 20.2 Å². The molecule has 0 spiro atoms. The molecular formula is C15H20N2O2. The Balaban J connectivity index is 2.31. The Bertz CT molecular complexity index is 555. The summed E-state index contributed by atoms with van der Waals surface area (Å²) >= 11 is 0. The first-order valence-electron chi connectivity index (χ1n) is 6.47. The molecule has 1 aromatic carbocycles. The number of hydrogen-bond donors (Lipinski definition) is 2. The number of ether oxygens (including phenoxy) is 1. The lowest BCUT2D eigenvalue weighted by molar-refractivity contribution is 0.179. The van der Waals surface area contributed by atoms with Gasteiger partial charge in [-0.15, -0.1) is 0 Å². The number of aliphatic hydroxyl groups is 1. The normalized spacial score (nSPS) is 14.1. The van der Waals surface area contributed by atoms with Gasteiger partial charge in [0.05, 0.1) is 13.2 Å². The molecule has 2 unspecified atom stereocenters. The van der Waals surface area contributed by atoms with E-state index in [-0.39, 0.29) is 12.1 Å². The average Bonchev–Trinajstić information content (AvgIpc) is 2.37. The topological polar surface area (TPSA) is 54.4 Å². The summed E-state index contributed by atoms with van der Waals surface area (Å²) in [4.78, 5) is 4.38. The number of rotatable bonds is 5. The highest BCUT2D eigenvalue weighted by molar-refractivity contribution is 5.92. The maximum absolute atomic E-state index is 9.42. The Kier molecular flexibility index (Phi) is 4.22. The highest BCUT2D eigenvalue weighted by atomic mass is 16.5. The van der Waals surface area contributed by atoms with E-state index in [1.165, 1.54) is 0 Å². The van der Waals surface area contributed by atoms with Crippen molar-refractivity contribution in [1.29, 1.82) is 0 Å². The lowest BCUT2D eigenvalue weighted by atomic mass is 10.1. The van der Waals surface area contributed by atoms with Crippen molar-refractivity contribution in [3.63, 3.8) is 0 Å². The van der Waals surface area contributed by atoms with E-state index in [0.717, 1.165) is 22.3 Å². The molecule has 0 saturated heterocycles. The van der Waals surface area contributed by atoms with Crippen LogP contribution in [0.25, 0.3) is 10.8 Å². The summed E-state index contributed by atoms with van der Waals surface area (Å²) in [7, 11) is 1.65. The molecule has 102 valence electrons. The van der Waals surface area contributed by atoms with Gasteiger partial charge in [0.15, 0.2) is 0 Å². The smallest absolute Gasteiger partial charge is 0.134 e. The molecule has 1 heterocycles. The molecular weight excluding hydrogens is 240 g/mol. The molecule has 0 amide bonds. The Morgan fingerprint density at radius 1 is 1.32 bits per heavy atom. The van der Waals surface area contributed by atoms with Crippen LogP contribution < -0.4 is 10.1 Å². The molecule has 0 aliphatic heterocycles. The summed E-state index contributed by atoms with van der Waals surface area (Å²) < 4.78 is 5.25. The number of anilines is 1. The Morgan fingerprint density at radius 3 is 2.79 bits per heavy atom. The number of nitrogens with zero attached hydrogens (tertiary/aromatic N) is 1. The van der Waals surface area contributed by atoms with Crippen molar-refractivity contribution >= 4 is 16.6 Å². The molecule has 0 radical (unpaired) electrons. The second-order valence-corrected chi connectivity index (χ2v) is 4.88. The number of nitrogens with one attached hydrogen (secondary N) is 1. The molecule has 4 heteroatoms. The minimum Gasteiger partial charge on any atom is -0.497 e. The minimum atomic E-state index is -0.327. The van der Waals surface area contributed by atoms with Gasteiger partial charge >= 0.3 is 0 Å². The van der Waals surface area contributed by atoms with E-state index >= 15 is 0 Å². The summed E-state index contributed by atoms with van der Waals surface area (Å²) in [6, 6.07) is 8.05. The van der Waals surface area contributed by atoms with E-state index in [4.69, 9.17) is 4.74 Å². The van der Waals surface area contributed by atoms with Crippen LogP contribution in [-0.4, -0.2) is 29.3 Å². The molecule has 2 aromatic rings. The van der Waals surface area contributed by atoms with Crippen LogP contribution in [0.5, 0.6) is 5.75 Å². The predicted molar refractivity (Wildman–Crippen MR) is 77.7 cm³/mol. The van der Waals surface area contributed by atoms with Gasteiger partial charge < -0.3 is 15.2 Å². The summed E-state index contributed by atoms with van der Waals surface area (Å²) in [6.45, 7) is 3.82. The van der Waals surface area contributed by atoms with E-state index in [9.17, 15) is 5.11 Å². The molecule has 0 bridgehead atoms. The van der Waals surface area contributed by atoms with Crippen LogP contribution in [0.1, 0.15) is 20.3 Å². The summed E-state index contributed by atoms with van der Waals surface area (Å²) in [6.07, 6.45) is 2.14. The van der Waals surface area contributed by atoms with Gasteiger partial charge in [0.2, 0.25) is 0 Å². The number of methoxy groups -OCH3 is 1. The third-order valence-electron chi connectivity index (χ3n) is 3.05. The van der Waals surface area contributed by atoms with Gasteiger partial charge in [-0.25, -0.2) is 4.98 Å². The number of benzene rings is 1. The first-order valence-corrected chi connectivity index (χ1v) is 6.47. The number of aliphatic hydroxyl groups excluding tert-OH is 1. The van der Waals surface area contributed by atoms with Crippen LogP contribution in [0.3, 0.4) is 0 Å². The fraction of sp³-hybridized carbons (Fsp3) is 0.400. The Hall–Kier alpha value is -1.81. The maximum atomic E-state index is 9.42. The van der Waals surface area contributed by atoms with Crippen molar-refractivity contribution in [1.82, 2.24) is 4.98 Å². The van der Waals surface area contributed by atoms with E-state index < -0.39 is 0 Å². The highest BCUT2D eigenvalue weighted by Crippen LogP contribution is 2.26. The van der Waals surface area contributed by atoms with Crippen LogP contribution in [0, 0.1) is 0 Å². The number of pyridine rings is 1. The SMILES string of the molecule is COc1ccc2ccnc(NC(C)CC(C)O)c2c1. The summed E-state index contributed by atoms with van der Waals surface area (Å²) in [5.41, 5.74) is 0. The highest BCUT2D eigenvalue weighted by Gasteiger charge is 2.09. The quantitative estimate of drug-likeness (QED) is 0.868. The number of aromatic nitrogens is 1. The molecule has 4 nitrogen and oxygen atoms in total. The van der Waals surface area contributed by atoms with E-state index in [2.05, 4.69) is 10.3 Å². The standard InChI is InChI=1S/C15H20N2O2/c1-10(8-11(2)18)17-15-14-9-13(19-3)5-4-12(14)6-7-16-15/h4-7,9-11,18H,8H2,1-3H3,(H,16,17). The van der Waals surface area contributed by atoms with Crippen LogP contribution in [-0.2, 0) is 0 Å². The van der Waals surface area contributed by atoms with Crippen LogP contribution in [0.4, 0.5) is 5.82 Å². The lowest BCUT2D eigenvalue weighted by Gasteiger charge is -2.17. The largest absolute Gasteiger partial charge is 0.497 e. The number of fused-ring (bicyclic) bond motifs is 1. The third-order valence-corrected chi connectivity index (χ3v) is 3.05. The molecule has 0 fully saturated rings. The predicted octanol–water partition coefficient (Wildman–Crippen LogP) is 2.81. The second-order valence-electron chi connectivity index (χ2n) is 4.88. The van der Waals surface area contributed by atoms with Crippen molar-refractivity contribution in [2.45, 2.75) is 32.4 Å².